The lowest BCUT2D eigenvalue weighted by Crippen LogP contribution is -2.55. The number of halogens is 5. The maximum Gasteiger partial charge on any atom is 0.433 e. The molecule has 9 rings (SSSR count). The number of carbonyl (C=O) groups excluding carboxylic acids is 4. The summed E-state index contributed by atoms with van der Waals surface area (Å²) in [5.41, 5.74) is -0.0824. The lowest BCUT2D eigenvalue weighted by atomic mass is 9.48. The molecule has 3 aromatic carbocycles. The Hall–Kier alpha value is -5.66. The van der Waals surface area contributed by atoms with Gasteiger partial charge in [0.1, 0.15) is 17.2 Å². The number of allylic oxidation sites excluding steroid dienone is 3. The molecule has 0 bridgehead atoms. The number of aromatic nitrogens is 1. The third kappa shape index (κ3) is 5.49. The third-order valence-electron chi connectivity index (χ3n) is 12.0. The summed E-state index contributed by atoms with van der Waals surface area (Å²) in [4.78, 5) is 64.2. The zero-order valence-electron chi connectivity index (χ0n) is 29.9. The number of fused-ring (bicyclic) bond motifs is 5. The highest BCUT2D eigenvalue weighted by Crippen LogP contribution is 2.64. The second-order valence-corrected chi connectivity index (χ2v) is 15.7. The summed E-state index contributed by atoms with van der Waals surface area (Å²) >= 11 is 12.7. The van der Waals surface area contributed by atoms with Gasteiger partial charge in [0.2, 0.25) is 11.8 Å². The van der Waals surface area contributed by atoms with Crippen LogP contribution in [0.2, 0.25) is 10.0 Å². The minimum Gasteiger partial charge on any atom is -0.508 e. The molecule has 57 heavy (non-hydrogen) atoms. The molecule has 4 aromatic rings. The Labute approximate surface area is 333 Å². The first-order chi connectivity index (χ1) is 27.2. The van der Waals surface area contributed by atoms with Crippen LogP contribution in [-0.4, -0.2) is 45.8 Å². The Morgan fingerprint density at radius 3 is 2.42 bits per heavy atom. The summed E-state index contributed by atoms with van der Waals surface area (Å²) in [5.74, 6) is -7.00. The number of benzene rings is 3. The smallest absolute Gasteiger partial charge is 0.433 e. The quantitative estimate of drug-likeness (QED) is 0.161. The Morgan fingerprint density at radius 1 is 0.912 bits per heavy atom. The van der Waals surface area contributed by atoms with E-state index >= 15 is 9.59 Å². The van der Waals surface area contributed by atoms with Crippen molar-refractivity contribution in [1.82, 2.24) is 9.99 Å². The van der Waals surface area contributed by atoms with E-state index in [1.165, 1.54) is 19.2 Å². The van der Waals surface area contributed by atoms with Crippen LogP contribution >= 0.6 is 23.2 Å². The van der Waals surface area contributed by atoms with E-state index < -0.39 is 76.3 Å². The normalized spacial score (nSPS) is 26.6. The van der Waals surface area contributed by atoms with Gasteiger partial charge in [-0.25, -0.2) is 9.88 Å². The number of aromatic hydroxyl groups is 1. The lowest BCUT2D eigenvalue weighted by molar-refractivity contribution is -0.141. The van der Waals surface area contributed by atoms with Crippen molar-refractivity contribution in [3.05, 3.63) is 135 Å². The van der Waals surface area contributed by atoms with Gasteiger partial charge in [0.15, 0.2) is 5.82 Å². The summed E-state index contributed by atoms with van der Waals surface area (Å²) in [7, 11) is 1.25. The van der Waals surface area contributed by atoms with E-state index in [1.807, 2.05) is 6.08 Å². The Bertz CT molecular complexity index is 2480. The molecule has 15 heteroatoms. The van der Waals surface area contributed by atoms with Crippen molar-refractivity contribution in [3.63, 3.8) is 0 Å². The van der Waals surface area contributed by atoms with Crippen molar-refractivity contribution >= 4 is 58.3 Å². The number of carbonyl (C=O) groups is 4. The Morgan fingerprint density at radius 2 is 1.68 bits per heavy atom. The Kier molecular flexibility index (Phi) is 8.56. The second kappa shape index (κ2) is 13.2. The lowest BCUT2D eigenvalue weighted by Gasteiger charge is -2.51. The van der Waals surface area contributed by atoms with Crippen LogP contribution in [0.4, 0.5) is 24.7 Å². The molecular formula is C42H31Cl2F3N4O6. The molecule has 290 valence electrons. The number of phenolic OH excluding ortho intramolecular Hbond substituents is 1. The van der Waals surface area contributed by atoms with E-state index in [9.17, 15) is 27.9 Å². The van der Waals surface area contributed by atoms with Gasteiger partial charge in [-0.15, -0.1) is 0 Å². The van der Waals surface area contributed by atoms with E-state index in [0.29, 0.717) is 39.1 Å². The average molecular weight is 816 g/mol. The number of phenols is 1. The molecule has 2 saturated heterocycles. The molecule has 1 aromatic heterocycles. The van der Waals surface area contributed by atoms with Gasteiger partial charge in [0.25, 0.3) is 11.8 Å². The largest absolute Gasteiger partial charge is 0.508 e. The Balaban J connectivity index is 1.20. The molecule has 2 aliphatic carbocycles. The molecule has 6 atom stereocenters. The van der Waals surface area contributed by atoms with Crippen molar-refractivity contribution < 1.29 is 42.2 Å². The molecule has 3 aliphatic heterocycles. The molecule has 0 unspecified atom stereocenters. The topological polar surface area (TPSA) is 120 Å². The molecule has 1 N–H and O–H groups in total. The van der Waals surface area contributed by atoms with E-state index in [1.54, 1.807) is 66.9 Å². The number of imide groups is 2. The summed E-state index contributed by atoms with van der Waals surface area (Å²) in [6.07, 6.45) is -1.13. The summed E-state index contributed by atoms with van der Waals surface area (Å²) in [6.45, 7) is 0. The van der Waals surface area contributed by atoms with Crippen LogP contribution in [0.25, 0.3) is 0 Å². The molecule has 0 radical (unpaired) electrons. The van der Waals surface area contributed by atoms with Crippen LogP contribution in [-0.2, 0) is 37.2 Å². The molecular weight excluding hydrogens is 784 g/mol. The number of rotatable bonds is 5. The van der Waals surface area contributed by atoms with Gasteiger partial charge in [-0.05, 0) is 78.4 Å². The maximum absolute atomic E-state index is 15.5. The van der Waals surface area contributed by atoms with Gasteiger partial charge >= 0.3 is 6.18 Å². The van der Waals surface area contributed by atoms with Gasteiger partial charge in [-0.1, -0.05) is 71.2 Å². The molecule has 10 nitrogen and oxygen atoms in total. The predicted molar refractivity (Wildman–Crippen MR) is 202 cm³/mol. The van der Waals surface area contributed by atoms with Crippen LogP contribution in [0.1, 0.15) is 29.7 Å². The summed E-state index contributed by atoms with van der Waals surface area (Å²) in [6, 6.07) is 21.8. The standard InChI is InChI=1S/C42H31Cl2F3N4O6/c1-49(36-31(44)13-15-33(48-36)42(45,46)47)51-37(53)28-12-11-27-29(34(28)39(51)55)19-30-38(54)50(25-9-5-8-24(43)18-25)40(56)41(30,23-6-3-2-4-7-23)35(27)22-16-21-17-26(52)10-14-32(21)57-20-22/h2-11,13-15,17-18,20,28-30,34-35,52H,12,16,19H2,1H3/t28-,29+,30-,34-,35-,41+/m0/s1. The minimum absolute atomic E-state index is 0.00406. The zero-order valence-corrected chi connectivity index (χ0v) is 31.4. The first-order valence-electron chi connectivity index (χ1n) is 18.1. The van der Waals surface area contributed by atoms with Crippen LogP contribution in [0.5, 0.6) is 11.5 Å². The van der Waals surface area contributed by atoms with E-state index in [0.717, 1.165) is 21.0 Å². The molecule has 4 heterocycles. The number of alkyl halides is 3. The minimum atomic E-state index is -4.82. The maximum atomic E-state index is 15.5. The number of ether oxygens (including phenoxy) is 1. The predicted octanol–water partition coefficient (Wildman–Crippen LogP) is 7.68. The van der Waals surface area contributed by atoms with Gasteiger partial charge in [-0.2, -0.15) is 18.2 Å². The number of anilines is 2. The number of nitrogens with zero attached hydrogens (tertiary/aromatic N) is 4. The van der Waals surface area contributed by atoms with Crippen molar-refractivity contribution in [2.45, 2.75) is 30.9 Å². The first-order valence-corrected chi connectivity index (χ1v) is 18.9. The van der Waals surface area contributed by atoms with Crippen LogP contribution in [0.15, 0.2) is 108 Å². The zero-order chi connectivity index (χ0) is 40.1. The van der Waals surface area contributed by atoms with Crippen molar-refractivity contribution in [3.8, 4) is 11.5 Å². The highest BCUT2D eigenvalue weighted by Gasteiger charge is 2.71. The molecule has 1 saturated carbocycles. The fraction of sp³-hybridized carbons (Fsp3) is 0.262. The highest BCUT2D eigenvalue weighted by atomic mass is 35.5. The molecule has 5 aliphatic rings. The van der Waals surface area contributed by atoms with Crippen LogP contribution < -0.4 is 14.6 Å². The van der Waals surface area contributed by atoms with Gasteiger partial charge in [0.05, 0.1) is 40.1 Å². The van der Waals surface area contributed by atoms with Gasteiger partial charge < -0.3 is 9.84 Å². The number of hydrazine groups is 1. The number of hydrogen-bond acceptors (Lipinski definition) is 8. The number of hydrogen-bond donors (Lipinski definition) is 1. The van der Waals surface area contributed by atoms with E-state index in [2.05, 4.69) is 4.98 Å². The van der Waals surface area contributed by atoms with Crippen LogP contribution in [0, 0.1) is 29.6 Å². The van der Waals surface area contributed by atoms with Crippen molar-refractivity contribution in [2.75, 3.05) is 17.0 Å². The first kappa shape index (κ1) is 36.9. The number of amides is 4. The monoisotopic (exact) mass is 814 g/mol. The van der Waals surface area contributed by atoms with E-state index in [-0.39, 0.29) is 35.7 Å². The fourth-order valence-corrected chi connectivity index (χ4v) is 10.2. The fourth-order valence-electron chi connectivity index (χ4n) is 9.75. The summed E-state index contributed by atoms with van der Waals surface area (Å²) < 4.78 is 47.3. The van der Waals surface area contributed by atoms with Crippen LogP contribution in [0.3, 0.4) is 0 Å². The molecule has 0 spiro atoms. The third-order valence-corrected chi connectivity index (χ3v) is 12.5. The molecule has 4 amide bonds. The average Bonchev–Trinajstić information content (AvgIpc) is 3.58. The molecule has 3 fully saturated rings. The van der Waals surface area contributed by atoms with Crippen molar-refractivity contribution in [1.29, 1.82) is 0 Å². The number of pyridine rings is 1. The SMILES string of the molecule is CN(c1nc(C(F)(F)F)ccc1Cl)N1C(=O)[C@H]2[C@H](CC=C3[C@H](C4=COc5ccc(O)cc5C4)[C@]4(c5ccccc5)C(=O)N(c5cccc(Cl)c5)C(=O)[C@@H]4C[C@H]32)C1=O. The van der Waals surface area contributed by atoms with Gasteiger partial charge in [0, 0.05) is 30.0 Å². The highest BCUT2D eigenvalue weighted by molar-refractivity contribution is 6.33. The summed E-state index contributed by atoms with van der Waals surface area (Å²) in [5, 5.41) is 12.3. The second-order valence-electron chi connectivity index (χ2n) is 14.9. The van der Waals surface area contributed by atoms with Crippen molar-refractivity contribution in [2.24, 2.45) is 29.6 Å². The van der Waals surface area contributed by atoms with E-state index in [4.69, 9.17) is 27.9 Å². The van der Waals surface area contributed by atoms with Gasteiger partial charge in [-0.3, -0.25) is 24.2 Å².